The summed E-state index contributed by atoms with van der Waals surface area (Å²) in [6.45, 7) is -0.380. The van der Waals surface area contributed by atoms with Crippen LogP contribution in [-0.4, -0.2) is 42.6 Å². The molecule has 10 heteroatoms. The Kier molecular flexibility index (Phi) is 5.29. The minimum absolute atomic E-state index is 0.0610. The average molecular weight is 355 g/mol. The number of nitrogens with zero attached hydrogens (tertiary/aromatic N) is 2. The number of carbonyl (C=O) groups excluding carboxylic acids is 1. The average Bonchev–Trinajstić information content (AvgIpc) is 2.95. The van der Waals surface area contributed by atoms with Gasteiger partial charge < -0.3 is 15.7 Å². The first-order chi connectivity index (χ1) is 10.9. The maximum atomic E-state index is 12.0. The highest BCUT2D eigenvalue weighted by Gasteiger charge is 2.21. The lowest BCUT2D eigenvalue weighted by atomic mass is 10.3. The zero-order valence-electron chi connectivity index (χ0n) is 11.7. The molecule has 2 rings (SSSR count). The van der Waals surface area contributed by atoms with Crippen LogP contribution in [0.15, 0.2) is 45.8 Å². The number of benzene rings is 1. The third-order valence-corrected chi connectivity index (χ3v) is 5.11. The monoisotopic (exact) mass is 355 g/mol. The Morgan fingerprint density at radius 3 is 2.61 bits per heavy atom. The topological polar surface area (TPSA) is 132 Å². The molecule has 0 bridgehead atoms. The highest BCUT2D eigenvalue weighted by molar-refractivity contribution is 7.91. The SMILES string of the molecule is Nc1nc(/C(=N/O)C(=O)OCCS(=O)(=O)c2ccccc2)cs1. The van der Waals surface area contributed by atoms with Crippen molar-refractivity contribution in [1.82, 2.24) is 4.98 Å². The summed E-state index contributed by atoms with van der Waals surface area (Å²) in [5.41, 5.74) is 5.06. The van der Waals surface area contributed by atoms with E-state index in [1.54, 1.807) is 18.2 Å². The van der Waals surface area contributed by atoms with Gasteiger partial charge in [0.15, 0.2) is 15.0 Å². The first kappa shape index (κ1) is 16.9. The Bertz CT molecular complexity index is 815. The Labute approximate surface area is 136 Å². The predicted octanol–water partition coefficient (Wildman–Crippen LogP) is 0.921. The fourth-order valence-corrected chi connectivity index (χ4v) is 3.31. The third kappa shape index (κ3) is 4.27. The van der Waals surface area contributed by atoms with Crippen LogP contribution in [0.1, 0.15) is 5.69 Å². The van der Waals surface area contributed by atoms with E-state index in [-0.39, 0.29) is 28.1 Å². The van der Waals surface area contributed by atoms with Crippen LogP contribution in [0.4, 0.5) is 5.13 Å². The fourth-order valence-electron chi connectivity index (χ4n) is 1.65. The molecule has 0 atom stereocenters. The number of hydrogen-bond donors (Lipinski definition) is 2. The Morgan fingerprint density at radius 2 is 2.04 bits per heavy atom. The number of nitrogen functional groups attached to an aromatic ring is 1. The zero-order valence-corrected chi connectivity index (χ0v) is 13.4. The highest BCUT2D eigenvalue weighted by Crippen LogP contribution is 2.13. The molecule has 1 heterocycles. The quantitative estimate of drug-likeness (QED) is 0.341. The number of aromatic nitrogens is 1. The van der Waals surface area contributed by atoms with Gasteiger partial charge in [-0.05, 0) is 12.1 Å². The van der Waals surface area contributed by atoms with Crippen molar-refractivity contribution in [3.05, 3.63) is 41.4 Å². The van der Waals surface area contributed by atoms with Crippen LogP contribution < -0.4 is 5.73 Å². The molecule has 0 spiro atoms. The second kappa shape index (κ2) is 7.20. The molecule has 122 valence electrons. The molecule has 3 N–H and O–H groups in total. The first-order valence-corrected chi connectivity index (χ1v) is 8.85. The molecule has 0 aliphatic rings. The second-order valence-electron chi connectivity index (χ2n) is 4.29. The molecular weight excluding hydrogens is 342 g/mol. The molecule has 0 saturated carbocycles. The van der Waals surface area contributed by atoms with Crippen molar-refractivity contribution in [1.29, 1.82) is 0 Å². The van der Waals surface area contributed by atoms with Gasteiger partial charge in [-0.15, -0.1) is 11.3 Å². The normalized spacial score (nSPS) is 12.1. The van der Waals surface area contributed by atoms with Crippen molar-refractivity contribution in [2.24, 2.45) is 5.16 Å². The largest absolute Gasteiger partial charge is 0.460 e. The summed E-state index contributed by atoms with van der Waals surface area (Å²) >= 11 is 1.06. The van der Waals surface area contributed by atoms with Gasteiger partial charge in [0.2, 0.25) is 5.71 Å². The van der Waals surface area contributed by atoms with E-state index in [4.69, 9.17) is 15.7 Å². The van der Waals surface area contributed by atoms with Crippen molar-refractivity contribution < 1.29 is 23.2 Å². The predicted molar refractivity (Wildman–Crippen MR) is 84.3 cm³/mol. The van der Waals surface area contributed by atoms with Crippen molar-refractivity contribution in [3.8, 4) is 0 Å². The van der Waals surface area contributed by atoms with Gasteiger partial charge in [-0.3, -0.25) is 0 Å². The van der Waals surface area contributed by atoms with Gasteiger partial charge >= 0.3 is 5.97 Å². The van der Waals surface area contributed by atoms with Crippen molar-refractivity contribution in [3.63, 3.8) is 0 Å². The number of hydrogen-bond acceptors (Lipinski definition) is 9. The lowest BCUT2D eigenvalue weighted by Gasteiger charge is -2.06. The van der Waals surface area contributed by atoms with Crippen LogP contribution in [0.5, 0.6) is 0 Å². The number of rotatable bonds is 6. The van der Waals surface area contributed by atoms with E-state index < -0.39 is 21.5 Å². The summed E-state index contributed by atoms with van der Waals surface area (Å²) in [6, 6.07) is 7.80. The van der Waals surface area contributed by atoms with E-state index in [1.807, 2.05) is 0 Å². The van der Waals surface area contributed by atoms with Crippen LogP contribution in [0.3, 0.4) is 0 Å². The molecule has 0 unspecified atom stereocenters. The smallest absolute Gasteiger partial charge is 0.362 e. The number of sulfone groups is 1. The molecular formula is C13H13N3O5S2. The van der Waals surface area contributed by atoms with Gasteiger partial charge in [0.1, 0.15) is 12.3 Å². The van der Waals surface area contributed by atoms with Gasteiger partial charge in [0.25, 0.3) is 0 Å². The van der Waals surface area contributed by atoms with Crippen LogP contribution in [0.2, 0.25) is 0 Å². The zero-order chi connectivity index (χ0) is 16.9. The van der Waals surface area contributed by atoms with Crippen molar-refractivity contribution >= 4 is 38.0 Å². The minimum Gasteiger partial charge on any atom is -0.460 e. The molecule has 0 saturated heterocycles. The van der Waals surface area contributed by atoms with E-state index >= 15 is 0 Å². The number of nitrogens with two attached hydrogens (primary N) is 1. The lowest BCUT2D eigenvalue weighted by molar-refractivity contribution is -0.135. The van der Waals surface area contributed by atoms with Crippen LogP contribution in [-0.2, 0) is 19.4 Å². The number of thiazole rings is 1. The summed E-state index contributed by atoms with van der Waals surface area (Å²) in [6.07, 6.45) is 0. The molecule has 23 heavy (non-hydrogen) atoms. The van der Waals surface area contributed by atoms with Crippen LogP contribution in [0.25, 0.3) is 0 Å². The van der Waals surface area contributed by atoms with Crippen molar-refractivity contribution in [2.75, 3.05) is 18.1 Å². The van der Waals surface area contributed by atoms with E-state index in [9.17, 15) is 13.2 Å². The molecule has 2 aromatic rings. The Balaban J connectivity index is 1.97. The fraction of sp³-hybridized carbons (Fsp3) is 0.154. The summed E-state index contributed by atoms with van der Waals surface area (Å²) in [7, 11) is -3.56. The summed E-state index contributed by atoms with van der Waals surface area (Å²) in [4.78, 5) is 15.8. The van der Waals surface area contributed by atoms with Gasteiger partial charge in [-0.1, -0.05) is 23.4 Å². The number of anilines is 1. The molecule has 0 radical (unpaired) electrons. The highest BCUT2D eigenvalue weighted by atomic mass is 32.2. The van der Waals surface area contributed by atoms with E-state index in [0.717, 1.165) is 11.3 Å². The number of carbonyl (C=O) groups is 1. The first-order valence-electron chi connectivity index (χ1n) is 6.32. The summed E-state index contributed by atoms with van der Waals surface area (Å²) in [5.74, 6) is -1.37. The molecule has 0 amide bonds. The van der Waals surface area contributed by atoms with E-state index in [2.05, 4.69) is 10.1 Å². The van der Waals surface area contributed by atoms with Crippen LogP contribution in [0, 0.1) is 0 Å². The van der Waals surface area contributed by atoms with Crippen molar-refractivity contribution in [2.45, 2.75) is 4.90 Å². The Morgan fingerprint density at radius 1 is 1.35 bits per heavy atom. The molecule has 8 nitrogen and oxygen atoms in total. The maximum Gasteiger partial charge on any atom is 0.362 e. The maximum absolute atomic E-state index is 12.0. The van der Waals surface area contributed by atoms with E-state index in [1.165, 1.54) is 17.5 Å². The molecule has 1 aromatic heterocycles. The number of esters is 1. The minimum atomic E-state index is -3.56. The standard InChI is InChI=1S/C13H13N3O5S2/c14-13-15-10(8-22-13)11(16-18)12(17)21-6-7-23(19,20)9-4-2-1-3-5-9/h1-5,8,18H,6-7H2,(H2,14,15)/b16-11-. The number of oxime groups is 1. The summed E-state index contributed by atoms with van der Waals surface area (Å²) < 4.78 is 28.9. The Hall–Kier alpha value is -2.46. The second-order valence-corrected chi connectivity index (χ2v) is 7.29. The van der Waals surface area contributed by atoms with Gasteiger partial charge in [-0.2, -0.15) is 0 Å². The van der Waals surface area contributed by atoms with E-state index in [0.29, 0.717) is 0 Å². The van der Waals surface area contributed by atoms with Gasteiger partial charge in [0.05, 0.1) is 10.6 Å². The van der Waals surface area contributed by atoms with Gasteiger partial charge in [-0.25, -0.2) is 18.2 Å². The summed E-state index contributed by atoms with van der Waals surface area (Å²) in [5, 5.41) is 13.3. The third-order valence-electron chi connectivity index (χ3n) is 2.75. The van der Waals surface area contributed by atoms with Gasteiger partial charge in [0, 0.05) is 5.38 Å². The molecule has 1 aromatic carbocycles. The number of ether oxygens (including phenoxy) is 1. The molecule has 0 fully saturated rings. The molecule has 0 aliphatic heterocycles. The lowest BCUT2D eigenvalue weighted by Crippen LogP contribution is -2.23. The molecule has 0 aliphatic carbocycles. The van der Waals surface area contributed by atoms with Crippen LogP contribution >= 0.6 is 11.3 Å².